The van der Waals surface area contributed by atoms with Crippen molar-refractivity contribution in [3.63, 3.8) is 0 Å². The summed E-state index contributed by atoms with van der Waals surface area (Å²) in [5, 5.41) is 11.9. The molecule has 0 aromatic rings. The van der Waals surface area contributed by atoms with Crippen molar-refractivity contribution in [3.8, 4) is 0 Å². The molecule has 2 N–H and O–H groups in total. The predicted octanol–water partition coefficient (Wildman–Crippen LogP) is 1.11. The summed E-state index contributed by atoms with van der Waals surface area (Å²) in [7, 11) is 0. The summed E-state index contributed by atoms with van der Waals surface area (Å²) in [4.78, 5) is 11.7. The first-order chi connectivity index (χ1) is 6.66. The Bertz CT molecular complexity index is 238. The van der Waals surface area contributed by atoms with Gasteiger partial charge in [-0.2, -0.15) is 0 Å². The molecule has 0 unspecified atom stereocenters. The molecule has 1 aliphatic heterocycles. The standard InChI is InChI=1S/C9H15FN2O2.ClH/c10-8-5-12(9(13)14)4-6(8)3-11-7-1-2-7;/h6-8,11H,1-5H2,(H,13,14);1H/t6-,8+;/m1./s1. The molecule has 1 amide bonds. The number of carbonyl (C=O) groups is 1. The lowest BCUT2D eigenvalue weighted by atomic mass is 10.1. The maximum absolute atomic E-state index is 13.3. The fraction of sp³-hybridized carbons (Fsp3) is 0.889. The van der Waals surface area contributed by atoms with Crippen LogP contribution in [0.2, 0.25) is 0 Å². The van der Waals surface area contributed by atoms with Crippen molar-refractivity contribution in [2.24, 2.45) is 5.92 Å². The van der Waals surface area contributed by atoms with Gasteiger partial charge in [0.25, 0.3) is 0 Å². The van der Waals surface area contributed by atoms with Crippen LogP contribution in [0.5, 0.6) is 0 Å². The Morgan fingerprint density at radius 1 is 1.47 bits per heavy atom. The molecule has 0 aromatic carbocycles. The molecule has 2 fully saturated rings. The summed E-state index contributed by atoms with van der Waals surface area (Å²) >= 11 is 0. The number of hydrogen-bond acceptors (Lipinski definition) is 2. The predicted molar refractivity (Wildman–Crippen MR) is 56.3 cm³/mol. The van der Waals surface area contributed by atoms with E-state index < -0.39 is 12.3 Å². The Labute approximate surface area is 94.2 Å². The van der Waals surface area contributed by atoms with Crippen LogP contribution in [0.4, 0.5) is 9.18 Å². The van der Waals surface area contributed by atoms with E-state index in [-0.39, 0.29) is 24.9 Å². The van der Waals surface area contributed by atoms with Gasteiger partial charge in [-0.1, -0.05) is 0 Å². The van der Waals surface area contributed by atoms with Gasteiger partial charge in [-0.05, 0) is 12.8 Å². The molecule has 0 radical (unpaired) electrons. The maximum Gasteiger partial charge on any atom is 0.407 e. The van der Waals surface area contributed by atoms with Crippen molar-refractivity contribution in [3.05, 3.63) is 0 Å². The lowest BCUT2D eigenvalue weighted by Gasteiger charge is -2.12. The van der Waals surface area contributed by atoms with Crippen molar-refractivity contribution in [2.75, 3.05) is 19.6 Å². The van der Waals surface area contributed by atoms with Crippen LogP contribution in [0.3, 0.4) is 0 Å². The Kier molecular flexibility index (Phi) is 4.16. The second-order valence-corrected chi connectivity index (χ2v) is 4.15. The number of carboxylic acid groups (broad SMARTS) is 1. The topological polar surface area (TPSA) is 52.6 Å². The number of likely N-dealkylation sites (tertiary alicyclic amines) is 1. The fourth-order valence-electron chi connectivity index (χ4n) is 1.79. The largest absolute Gasteiger partial charge is 0.465 e. The Balaban J connectivity index is 0.00000112. The number of rotatable bonds is 3. The molecule has 1 saturated heterocycles. The van der Waals surface area contributed by atoms with Crippen molar-refractivity contribution in [2.45, 2.75) is 25.1 Å². The minimum atomic E-state index is -1.01. The molecule has 0 bridgehead atoms. The minimum absolute atomic E-state index is 0. The Morgan fingerprint density at radius 3 is 2.60 bits per heavy atom. The summed E-state index contributed by atoms with van der Waals surface area (Å²) in [5.41, 5.74) is 0. The molecule has 4 nitrogen and oxygen atoms in total. The smallest absolute Gasteiger partial charge is 0.407 e. The zero-order valence-corrected chi connectivity index (χ0v) is 9.17. The number of hydrogen-bond donors (Lipinski definition) is 2. The average Bonchev–Trinajstić information content (AvgIpc) is 2.87. The van der Waals surface area contributed by atoms with Gasteiger partial charge in [-0.3, -0.25) is 0 Å². The average molecular weight is 239 g/mol. The van der Waals surface area contributed by atoms with Crippen LogP contribution in [0, 0.1) is 5.92 Å². The van der Waals surface area contributed by atoms with E-state index in [0.717, 1.165) is 4.90 Å². The zero-order chi connectivity index (χ0) is 10.1. The molecule has 88 valence electrons. The van der Waals surface area contributed by atoms with Crippen LogP contribution in [0.25, 0.3) is 0 Å². The van der Waals surface area contributed by atoms with Gasteiger partial charge >= 0.3 is 6.09 Å². The van der Waals surface area contributed by atoms with E-state index >= 15 is 0 Å². The quantitative estimate of drug-likeness (QED) is 0.775. The maximum atomic E-state index is 13.3. The third-order valence-corrected chi connectivity index (χ3v) is 2.88. The molecular formula is C9H16ClFN2O2. The van der Waals surface area contributed by atoms with Gasteiger partial charge in [0.15, 0.2) is 0 Å². The van der Waals surface area contributed by atoms with Gasteiger partial charge in [-0.15, -0.1) is 12.4 Å². The van der Waals surface area contributed by atoms with Gasteiger partial charge in [0, 0.05) is 25.0 Å². The second-order valence-electron chi connectivity index (χ2n) is 4.15. The summed E-state index contributed by atoms with van der Waals surface area (Å²) in [5.74, 6) is -0.160. The minimum Gasteiger partial charge on any atom is -0.465 e. The summed E-state index contributed by atoms with van der Waals surface area (Å²) < 4.78 is 13.3. The number of nitrogens with one attached hydrogen (secondary N) is 1. The first kappa shape index (κ1) is 12.5. The van der Waals surface area contributed by atoms with E-state index in [1.165, 1.54) is 12.8 Å². The van der Waals surface area contributed by atoms with Gasteiger partial charge in [0.05, 0.1) is 6.54 Å². The van der Waals surface area contributed by atoms with E-state index in [0.29, 0.717) is 19.1 Å². The van der Waals surface area contributed by atoms with Crippen LogP contribution >= 0.6 is 12.4 Å². The van der Waals surface area contributed by atoms with E-state index in [1.807, 2.05) is 0 Å². The molecule has 15 heavy (non-hydrogen) atoms. The van der Waals surface area contributed by atoms with Crippen LogP contribution in [-0.4, -0.2) is 47.9 Å². The number of amides is 1. The highest BCUT2D eigenvalue weighted by Crippen LogP contribution is 2.23. The van der Waals surface area contributed by atoms with Gasteiger partial charge in [0.2, 0.25) is 0 Å². The van der Waals surface area contributed by atoms with E-state index in [9.17, 15) is 9.18 Å². The van der Waals surface area contributed by atoms with Crippen LogP contribution in [-0.2, 0) is 0 Å². The highest BCUT2D eigenvalue weighted by molar-refractivity contribution is 5.85. The Hall–Kier alpha value is -0.550. The summed E-state index contributed by atoms with van der Waals surface area (Å²) in [6.07, 6.45) is 0.331. The first-order valence-corrected chi connectivity index (χ1v) is 5.02. The molecule has 0 spiro atoms. The molecule has 0 aromatic heterocycles. The molecule has 1 aliphatic carbocycles. The third kappa shape index (κ3) is 3.21. The van der Waals surface area contributed by atoms with Crippen molar-refractivity contribution >= 4 is 18.5 Å². The number of halogens is 2. The normalized spacial score (nSPS) is 30.1. The van der Waals surface area contributed by atoms with Crippen LogP contribution < -0.4 is 5.32 Å². The third-order valence-electron chi connectivity index (χ3n) is 2.88. The van der Waals surface area contributed by atoms with Crippen LogP contribution in [0.15, 0.2) is 0 Å². The number of alkyl halides is 1. The highest BCUT2D eigenvalue weighted by atomic mass is 35.5. The molecule has 2 atom stereocenters. The summed E-state index contributed by atoms with van der Waals surface area (Å²) in [6, 6.07) is 0.557. The lowest BCUT2D eigenvalue weighted by molar-refractivity contribution is 0.152. The molecule has 1 heterocycles. The van der Waals surface area contributed by atoms with Crippen molar-refractivity contribution in [1.29, 1.82) is 0 Å². The monoisotopic (exact) mass is 238 g/mol. The highest BCUT2D eigenvalue weighted by Gasteiger charge is 2.36. The molecule has 6 heteroatoms. The zero-order valence-electron chi connectivity index (χ0n) is 8.36. The SMILES string of the molecule is Cl.O=C(O)N1C[C@@H](CNC2CC2)[C@@H](F)C1. The van der Waals surface area contributed by atoms with Crippen LogP contribution in [0.1, 0.15) is 12.8 Å². The first-order valence-electron chi connectivity index (χ1n) is 5.02. The van der Waals surface area contributed by atoms with Gasteiger partial charge in [-0.25, -0.2) is 9.18 Å². The molecule has 2 rings (SSSR count). The Morgan fingerprint density at radius 2 is 2.13 bits per heavy atom. The van der Waals surface area contributed by atoms with Crippen molar-refractivity contribution < 1.29 is 14.3 Å². The molecular weight excluding hydrogens is 223 g/mol. The summed E-state index contributed by atoms with van der Waals surface area (Å²) in [6.45, 7) is 0.970. The second kappa shape index (κ2) is 4.99. The van der Waals surface area contributed by atoms with E-state index in [4.69, 9.17) is 5.11 Å². The fourth-order valence-corrected chi connectivity index (χ4v) is 1.79. The molecule has 2 aliphatic rings. The van der Waals surface area contributed by atoms with Gasteiger partial charge in [0.1, 0.15) is 6.17 Å². The lowest BCUT2D eigenvalue weighted by Crippen LogP contribution is -2.31. The van der Waals surface area contributed by atoms with E-state index in [1.54, 1.807) is 0 Å². The van der Waals surface area contributed by atoms with E-state index in [2.05, 4.69) is 5.32 Å². The van der Waals surface area contributed by atoms with Crippen molar-refractivity contribution in [1.82, 2.24) is 10.2 Å². The number of nitrogens with zero attached hydrogens (tertiary/aromatic N) is 1. The van der Waals surface area contributed by atoms with Gasteiger partial charge < -0.3 is 15.3 Å². The molecule has 1 saturated carbocycles.